The Bertz CT molecular complexity index is 1010. The van der Waals surface area contributed by atoms with Crippen LogP contribution in [0.2, 0.25) is 0 Å². The van der Waals surface area contributed by atoms with E-state index in [4.69, 9.17) is 0 Å². The molecule has 1 aromatic heterocycles. The van der Waals surface area contributed by atoms with Crippen molar-refractivity contribution in [3.05, 3.63) is 71.7 Å². The second kappa shape index (κ2) is 7.36. The lowest BCUT2D eigenvalue weighted by atomic mass is 10.1. The third-order valence-corrected chi connectivity index (χ3v) is 5.07. The number of amidine groups is 1. The van der Waals surface area contributed by atoms with Gasteiger partial charge < -0.3 is 5.32 Å². The number of carbonyl (C=O) groups is 1. The Morgan fingerprint density at radius 2 is 1.89 bits per heavy atom. The molecule has 0 bridgehead atoms. The van der Waals surface area contributed by atoms with Gasteiger partial charge in [-0.15, -0.1) is 0 Å². The maximum Gasteiger partial charge on any atom is 0.261 e. The summed E-state index contributed by atoms with van der Waals surface area (Å²) in [5.74, 6) is 0.293. The van der Waals surface area contributed by atoms with E-state index in [2.05, 4.69) is 15.4 Å². The number of nitrogens with one attached hydrogen (secondary N) is 1. The molecule has 1 aliphatic rings. The topological polar surface area (TPSA) is 59.3 Å². The van der Waals surface area contributed by atoms with Gasteiger partial charge in [0.15, 0.2) is 5.17 Å². The van der Waals surface area contributed by atoms with E-state index in [1.54, 1.807) is 23.0 Å². The molecule has 27 heavy (non-hydrogen) atoms. The van der Waals surface area contributed by atoms with Gasteiger partial charge in [-0.05, 0) is 31.2 Å². The number of amides is 1. The van der Waals surface area contributed by atoms with Crippen LogP contribution < -0.4 is 5.32 Å². The minimum atomic E-state index is -0.320. The second-order valence-electron chi connectivity index (χ2n) is 6.17. The lowest BCUT2D eigenvalue weighted by Gasteiger charge is -2.04. The summed E-state index contributed by atoms with van der Waals surface area (Å²) in [5.41, 5.74) is 3.65. The van der Waals surface area contributed by atoms with E-state index in [0.717, 1.165) is 16.9 Å². The van der Waals surface area contributed by atoms with E-state index >= 15 is 0 Å². The first-order valence-electron chi connectivity index (χ1n) is 8.51. The molecule has 0 atom stereocenters. The number of carbonyl (C=O) groups excluding carboxylic acids is 1. The van der Waals surface area contributed by atoms with Crippen molar-refractivity contribution in [2.24, 2.45) is 4.99 Å². The number of nitrogens with zero attached hydrogens (tertiary/aromatic N) is 3. The summed E-state index contributed by atoms with van der Waals surface area (Å²) in [4.78, 5) is 17.1. The number of aryl methyl sites for hydroxylation is 1. The van der Waals surface area contributed by atoms with Crippen LogP contribution in [0.4, 0.5) is 4.39 Å². The van der Waals surface area contributed by atoms with E-state index in [9.17, 15) is 9.18 Å². The van der Waals surface area contributed by atoms with Crippen molar-refractivity contribution in [3.63, 3.8) is 0 Å². The van der Waals surface area contributed by atoms with Crippen LogP contribution in [0.5, 0.6) is 0 Å². The summed E-state index contributed by atoms with van der Waals surface area (Å²) in [6, 6.07) is 13.8. The minimum absolute atomic E-state index is 0.257. The Morgan fingerprint density at radius 1 is 1.15 bits per heavy atom. The molecule has 0 unspecified atom stereocenters. The molecule has 4 rings (SSSR count). The predicted molar refractivity (Wildman–Crippen MR) is 106 cm³/mol. The predicted octanol–water partition coefficient (Wildman–Crippen LogP) is 3.82. The number of aromatic nitrogens is 2. The van der Waals surface area contributed by atoms with Crippen LogP contribution in [0.25, 0.3) is 16.9 Å². The van der Waals surface area contributed by atoms with E-state index < -0.39 is 0 Å². The highest BCUT2D eigenvalue weighted by atomic mass is 32.2. The van der Waals surface area contributed by atoms with Gasteiger partial charge in [-0.25, -0.2) is 9.07 Å². The Morgan fingerprint density at radius 3 is 2.56 bits per heavy atom. The zero-order valence-corrected chi connectivity index (χ0v) is 15.5. The molecule has 0 spiro atoms. The smallest absolute Gasteiger partial charge is 0.261 e. The fourth-order valence-electron chi connectivity index (χ4n) is 2.77. The summed E-state index contributed by atoms with van der Waals surface area (Å²) in [6.45, 7) is 2.71. The summed E-state index contributed by atoms with van der Waals surface area (Å²) in [5, 5.41) is 8.07. The molecule has 2 aromatic carbocycles. The molecule has 0 saturated heterocycles. The first kappa shape index (κ1) is 17.5. The van der Waals surface area contributed by atoms with Crippen LogP contribution in [0.15, 0.2) is 59.7 Å². The molecule has 0 fully saturated rings. The fraction of sp³-hybridized carbons (Fsp3) is 0.150. The van der Waals surface area contributed by atoms with Gasteiger partial charge in [0.1, 0.15) is 11.5 Å². The van der Waals surface area contributed by atoms with Gasteiger partial charge in [-0.1, -0.05) is 41.6 Å². The molecule has 1 aliphatic heterocycles. The van der Waals surface area contributed by atoms with Crippen LogP contribution in [0, 0.1) is 12.7 Å². The van der Waals surface area contributed by atoms with Crippen molar-refractivity contribution < 1.29 is 9.18 Å². The Kier molecular flexibility index (Phi) is 4.77. The molecular formula is C20H17FN4OS. The molecule has 0 aliphatic carbocycles. The Hall–Kier alpha value is -2.93. The van der Waals surface area contributed by atoms with E-state index in [1.807, 2.05) is 31.2 Å². The van der Waals surface area contributed by atoms with Gasteiger partial charge in [0.25, 0.3) is 5.91 Å². The van der Waals surface area contributed by atoms with Gasteiger partial charge >= 0.3 is 0 Å². The van der Waals surface area contributed by atoms with E-state index in [1.165, 1.54) is 23.9 Å². The number of rotatable bonds is 3. The zero-order chi connectivity index (χ0) is 18.8. The number of thioether (sulfide) groups is 1. The SMILES string of the molecule is Cc1ccc(-c2nn(-c3ccc(F)cc3)cc2C(=O)NC2=NCCS2)cc1. The number of halogens is 1. The quantitative estimate of drug-likeness (QED) is 0.751. The molecule has 1 N–H and O–H groups in total. The summed E-state index contributed by atoms with van der Waals surface area (Å²) >= 11 is 1.52. The molecule has 0 radical (unpaired) electrons. The van der Waals surface area contributed by atoms with Crippen LogP contribution in [-0.4, -0.2) is 33.2 Å². The van der Waals surface area contributed by atoms with Crippen molar-refractivity contribution in [1.82, 2.24) is 15.1 Å². The normalized spacial score (nSPS) is 13.5. The molecule has 5 nitrogen and oxygen atoms in total. The fourth-order valence-corrected chi connectivity index (χ4v) is 3.49. The zero-order valence-electron chi connectivity index (χ0n) is 14.6. The van der Waals surface area contributed by atoms with Gasteiger partial charge in [0, 0.05) is 17.5 Å². The molecule has 2 heterocycles. The van der Waals surface area contributed by atoms with E-state index in [-0.39, 0.29) is 11.7 Å². The lowest BCUT2D eigenvalue weighted by Crippen LogP contribution is -2.27. The third-order valence-electron chi connectivity index (χ3n) is 4.18. The summed E-state index contributed by atoms with van der Waals surface area (Å²) in [7, 11) is 0. The Balaban J connectivity index is 1.75. The third kappa shape index (κ3) is 3.78. The number of benzene rings is 2. The highest BCUT2D eigenvalue weighted by Crippen LogP contribution is 2.25. The second-order valence-corrected chi connectivity index (χ2v) is 7.25. The maximum absolute atomic E-state index is 13.2. The van der Waals surface area contributed by atoms with Gasteiger partial charge in [-0.2, -0.15) is 5.10 Å². The average Bonchev–Trinajstić information content (AvgIpc) is 3.33. The van der Waals surface area contributed by atoms with Gasteiger partial charge in [0.05, 0.1) is 17.8 Å². The van der Waals surface area contributed by atoms with Crippen molar-refractivity contribution >= 4 is 22.8 Å². The van der Waals surface area contributed by atoms with E-state index in [0.29, 0.717) is 28.7 Å². The number of hydrogen-bond donors (Lipinski definition) is 1. The van der Waals surface area contributed by atoms with Crippen LogP contribution in [0.3, 0.4) is 0 Å². The number of aliphatic imine (C=N–C) groups is 1. The first-order chi connectivity index (χ1) is 13.1. The lowest BCUT2D eigenvalue weighted by molar-refractivity contribution is 0.0978. The maximum atomic E-state index is 13.2. The van der Waals surface area contributed by atoms with Crippen molar-refractivity contribution in [1.29, 1.82) is 0 Å². The van der Waals surface area contributed by atoms with Crippen molar-refractivity contribution in [3.8, 4) is 16.9 Å². The average molecular weight is 380 g/mol. The largest absolute Gasteiger partial charge is 0.301 e. The summed E-state index contributed by atoms with van der Waals surface area (Å²) in [6.07, 6.45) is 1.66. The van der Waals surface area contributed by atoms with Crippen LogP contribution in [-0.2, 0) is 0 Å². The molecule has 0 saturated carbocycles. The summed E-state index contributed by atoms with van der Waals surface area (Å²) < 4.78 is 14.8. The number of hydrogen-bond acceptors (Lipinski definition) is 4. The minimum Gasteiger partial charge on any atom is -0.301 e. The first-order valence-corrected chi connectivity index (χ1v) is 9.50. The monoisotopic (exact) mass is 380 g/mol. The van der Waals surface area contributed by atoms with Gasteiger partial charge in [-0.3, -0.25) is 9.79 Å². The van der Waals surface area contributed by atoms with Crippen LogP contribution >= 0.6 is 11.8 Å². The molecule has 3 aromatic rings. The molecule has 7 heteroatoms. The molecular weight excluding hydrogens is 363 g/mol. The highest BCUT2D eigenvalue weighted by Gasteiger charge is 2.21. The molecule has 136 valence electrons. The molecule has 1 amide bonds. The van der Waals surface area contributed by atoms with Crippen LogP contribution in [0.1, 0.15) is 15.9 Å². The highest BCUT2D eigenvalue weighted by molar-refractivity contribution is 8.14. The van der Waals surface area contributed by atoms with Crippen molar-refractivity contribution in [2.75, 3.05) is 12.3 Å². The Labute approximate surface area is 160 Å². The van der Waals surface area contributed by atoms with Crippen molar-refractivity contribution in [2.45, 2.75) is 6.92 Å². The van der Waals surface area contributed by atoms with Gasteiger partial charge in [0.2, 0.25) is 0 Å². The standard InChI is InChI=1S/C20H17FN4OS/c1-13-2-4-14(5-3-13)18-17(19(26)23-20-22-10-11-27-20)12-25(24-18)16-8-6-15(21)7-9-16/h2-9,12H,10-11H2,1H3,(H,22,23,26).